The van der Waals surface area contributed by atoms with Gasteiger partial charge in [-0.15, -0.1) is 11.3 Å². The van der Waals surface area contributed by atoms with Crippen molar-refractivity contribution in [1.29, 1.82) is 0 Å². The van der Waals surface area contributed by atoms with Crippen molar-refractivity contribution in [2.75, 3.05) is 11.9 Å². The number of rotatable bonds is 5. The third-order valence-electron chi connectivity index (χ3n) is 4.15. The first-order valence-corrected chi connectivity index (χ1v) is 9.61. The lowest BCUT2D eigenvalue weighted by Crippen LogP contribution is -2.32. The van der Waals surface area contributed by atoms with E-state index in [1.54, 1.807) is 13.1 Å². The van der Waals surface area contributed by atoms with Crippen LogP contribution in [-0.2, 0) is 29.0 Å². The Morgan fingerprint density at radius 2 is 2.19 bits per heavy atom. The van der Waals surface area contributed by atoms with Crippen molar-refractivity contribution in [3.63, 3.8) is 0 Å². The molecular formula is C19H23N3O4S. The van der Waals surface area contributed by atoms with Gasteiger partial charge in [0.25, 0.3) is 0 Å². The van der Waals surface area contributed by atoms with Crippen LogP contribution in [0.2, 0.25) is 0 Å². The van der Waals surface area contributed by atoms with Gasteiger partial charge in [-0.25, -0.2) is 9.59 Å². The monoisotopic (exact) mass is 389 g/mol. The van der Waals surface area contributed by atoms with Gasteiger partial charge < -0.3 is 14.8 Å². The number of thiophene rings is 1. The fourth-order valence-corrected chi connectivity index (χ4v) is 4.00. The number of hydrogen-bond acceptors (Lipinski definition) is 6. The van der Waals surface area contributed by atoms with E-state index in [0.717, 1.165) is 16.1 Å². The van der Waals surface area contributed by atoms with Crippen LogP contribution in [-0.4, -0.2) is 29.2 Å². The number of anilines is 1. The van der Waals surface area contributed by atoms with Crippen molar-refractivity contribution in [3.05, 3.63) is 46.1 Å². The zero-order valence-electron chi connectivity index (χ0n) is 15.6. The molecule has 2 aromatic heterocycles. The summed E-state index contributed by atoms with van der Waals surface area (Å²) in [5, 5.41) is 6.03. The van der Waals surface area contributed by atoms with Crippen LogP contribution in [0, 0.1) is 0 Å². The standard InChI is InChI=1S/C19H23N3O4S/c1-4-25-17(23)15-13-9-19(2,3)26-11-14(13)27-16(15)22-18(24)21-10-12-7-5-6-8-20-12/h5-8H,4,9-11H2,1-3H3,(H2,21,22,24). The average molecular weight is 389 g/mol. The van der Waals surface area contributed by atoms with Crippen LogP contribution in [0.5, 0.6) is 0 Å². The lowest BCUT2D eigenvalue weighted by Gasteiger charge is -2.30. The molecule has 8 heteroatoms. The number of aromatic nitrogens is 1. The second-order valence-electron chi connectivity index (χ2n) is 6.78. The van der Waals surface area contributed by atoms with Gasteiger partial charge in [-0.05, 0) is 38.5 Å². The number of nitrogens with zero attached hydrogens (tertiary/aromatic N) is 1. The highest BCUT2D eigenvalue weighted by Gasteiger charge is 2.34. The molecule has 0 spiro atoms. The predicted octanol–water partition coefficient (Wildman–Crippen LogP) is 3.49. The minimum atomic E-state index is -0.423. The Labute approximate surface area is 162 Å². The van der Waals surface area contributed by atoms with E-state index in [0.29, 0.717) is 30.1 Å². The van der Waals surface area contributed by atoms with Crippen molar-refractivity contribution in [2.24, 2.45) is 0 Å². The maximum Gasteiger partial charge on any atom is 0.341 e. The molecule has 0 saturated carbocycles. The van der Waals surface area contributed by atoms with E-state index >= 15 is 0 Å². The first kappa shape index (κ1) is 19.3. The molecule has 2 aromatic rings. The van der Waals surface area contributed by atoms with Gasteiger partial charge in [0.15, 0.2) is 0 Å². The number of amides is 2. The number of urea groups is 1. The Morgan fingerprint density at radius 3 is 2.89 bits per heavy atom. The van der Waals surface area contributed by atoms with Crippen molar-refractivity contribution in [3.8, 4) is 0 Å². The lowest BCUT2D eigenvalue weighted by atomic mass is 9.93. The first-order chi connectivity index (χ1) is 12.9. The Hall–Kier alpha value is -2.45. The minimum Gasteiger partial charge on any atom is -0.462 e. The molecule has 0 bridgehead atoms. The molecule has 2 N–H and O–H groups in total. The number of fused-ring (bicyclic) bond motifs is 1. The predicted molar refractivity (Wildman–Crippen MR) is 103 cm³/mol. The van der Waals surface area contributed by atoms with E-state index in [4.69, 9.17) is 9.47 Å². The van der Waals surface area contributed by atoms with E-state index in [1.165, 1.54) is 11.3 Å². The lowest BCUT2D eigenvalue weighted by molar-refractivity contribution is -0.0384. The summed E-state index contributed by atoms with van der Waals surface area (Å²) >= 11 is 1.35. The normalized spacial score (nSPS) is 14.9. The fourth-order valence-electron chi connectivity index (χ4n) is 2.88. The molecule has 144 valence electrons. The number of carbonyl (C=O) groups excluding carboxylic acids is 2. The van der Waals surface area contributed by atoms with E-state index in [9.17, 15) is 9.59 Å². The molecule has 3 heterocycles. The zero-order chi connectivity index (χ0) is 19.4. The van der Waals surface area contributed by atoms with Crippen LogP contribution in [0.4, 0.5) is 9.80 Å². The molecule has 2 amide bonds. The molecule has 0 saturated heterocycles. The highest BCUT2D eigenvalue weighted by Crippen LogP contribution is 2.40. The molecule has 0 unspecified atom stereocenters. The van der Waals surface area contributed by atoms with Crippen LogP contribution < -0.4 is 10.6 Å². The van der Waals surface area contributed by atoms with E-state index in [-0.39, 0.29) is 12.2 Å². The maximum atomic E-state index is 12.5. The largest absolute Gasteiger partial charge is 0.462 e. The Kier molecular flexibility index (Phi) is 5.76. The molecule has 0 atom stereocenters. The molecular weight excluding hydrogens is 366 g/mol. The molecule has 27 heavy (non-hydrogen) atoms. The van der Waals surface area contributed by atoms with Gasteiger partial charge in [-0.2, -0.15) is 0 Å². The maximum absolute atomic E-state index is 12.5. The average Bonchev–Trinajstić information content (AvgIpc) is 2.97. The molecule has 1 aliphatic rings. The summed E-state index contributed by atoms with van der Waals surface area (Å²) in [4.78, 5) is 30.0. The number of nitrogens with one attached hydrogen (secondary N) is 2. The molecule has 0 aliphatic carbocycles. The summed E-state index contributed by atoms with van der Waals surface area (Å²) < 4.78 is 11.0. The number of ether oxygens (including phenoxy) is 2. The van der Waals surface area contributed by atoms with Gasteiger partial charge in [-0.1, -0.05) is 6.07 Å². The van der Waals surface area contributed by atoms with Gasteiger partial charge in [0, 0.05) is 17.5 Å². The molecule has 3 rings (SSSR count). The summed E-state index contributed by atoms with van der Waals surface area (Å²) in [7, 11) is 0. The van der Waals surface area contributed by atoms with Crippen molar-refractivity contribution < 1.29 is 19.1 Å². The smallest absolute Gasteiger partial charge is 0.341 e. The molecule has 0 aromatic carbocycles. The van der Waals surface area contributed by atoms with Crippen molar-refractivity contribution in [2.45, 2.75) is 45.9 Å². The second kappa shape index (κ2) is 8.06. The SMILES string of the molecule is CCOC(=O)c1c(NC(=O)NCc2ccccn2)sc2c1CC(C)(C)OC2. The van der Waals surface area contributed by atoms with Gasteiger partial charge in [0.2, 0.25) is 0 Å². The summed E-state index contributed by atoms with van der Waals surface area (Å²) in [6, 6.07) is 5.10. The molecule has 1 aliphatic heterocycles. The molecule has 0 fully saturated rings. The fraction of sp³-hybridized carbons (Fsp3) is 0.421. The molecule has 7 nitrogen and oxygen atoms in total. The van der Waals surface area contributed by atoms with Crippen molar-refractivity contribution >= 4 is 28.3 Å². The van der Waals surface area contributed by atoms with Crippen LogP contribution in [0.15, 0.2) is 24.4 Å². The zero-order valence-corrected chi connectivity index (χ0v) is 16.4. The topological polar surface area (TPSA) is 89.5 Å². The Bertz CT molecular complexity index is 833. The number of pyridine rings is 1. The summed E-state index contributed by atoms with van der Waals surface area (Å²) in [6.07, 6.45) is 2.26. The van der Waals surface area contributed by atoms with Gasteiger partial charge in [0.1, 0.15) is 5.00 Å². The summed E-state index contributed by atoms with van der Waals surface area (Å²) in [5.41, 5.74) is 1.71. The molecule has 0 radical (unpaired) electrons. The Morgan fingerprint density at radius 1 is 1.37 bits per heavy atom. The second-order valence-corrected chi connectivity index (χ2v) is 7.89. The number of esters is 1. The Balaban J connectivity index is 1.79. The highest BCUT2D eigenvalue weighted by molar-refractivity contribution is 7.17. The minimum absolute atomic E-state index is 0.272. The van der Waals surface area contributed by atoms with Gasteiger partial charge in [-0.3, -0.25) is 10.3 Å². The van der Waals surface area contributed by atoms with E-state index in [1.807, 2.05) is 32.0 Å². The van der Waals surface area contributed by atoms with E-state index < -0.39 is 12.0 Å². The number of carbonyl (C=O) groups is 2. The summed E-state index contributed by atoms with van der Waals surface area (Å²) in [6.45, 7) is 6.70. The first-order valence-electron chi connectivity index (χ1n) is 8.80. The number of hydrogen-bond donors (Lipinski definition) is 2. The van der Waals surface area contributed by atoms with Crippen LogP contribution in [0.1, 0.15) is 47.3 Å². The van der Waals surface area contributed by atoms with Gasteiger partial charge in [0.05, 0.1) is 36.6 Å². The quantitative estimate of drug-likeness (QED) is 0.764. The van der Waals surface area contributed by atoms with Crippen LogP contribution in [0.3, 0.4) is 0 Å². The van der Waals surface area contributed by atoms with Crippen LogP contribution >= 0.6 is 11.3 Å². The van der Waals surface area contributed by atoms with E-state index in [2.05, 4.69) is 15.6 Å². The van der Waals surface area contributed by atoms with Gasteiger partial charge >= 0.3 is 12.0 Å². The van der Waals surface area contributed by atoms with Crippen molar-refractivity contribution in [1.82, 2.24) is 10.3 Å². The highest BCUT2D eigenvalue weighted by atomic mass is 32.1. The summed E-state index contributed by atoms with van der Waals surface area (Å²) in [5.74, 6) is -0.423. The third-order valence-corrected chi connectivity index (χ3v) is 5.27. The van der Waals surface area contributed by atoms with Crippen LogP contribution in [0.25, 0.3) is 0 Å². The third kappa shape index (κ3) is 4.64.